The number of amides is 1. The summed E-state index contributed by atoms with van der Waals surface area (Å²) in [5, 5.41) is 2.99. The maximum atomic E-state index is 12.7. The summed E-state index contributed by atoms with van der Waals surface area (Å²) in [6, 6.07) is 6.27. The number of aromatic nitrogens is 1. The SMILES string of the molecule is Cc1ccc(C)c(CC(=O)N2CCO[C@@H](c3nc(C)cs3)C2)c1. The van der Waals surface area contributed by atoms with E-state index < -0.39 is 0 Å². The maximum absolute atomic E-state index is 12.7. The van der Waals surface area contributed by atoms with E-state index >= 15 is 0 Å². The Bertz CT molecular complexity index is 711. The Kier molecular flexibility index (Phi) is 4.78. The Morgan fingerprint density at radius 3 is 2.96 bits per heavy atom. The molecule has 1 aliphatic heterocycles. The van der Waals surface area contributed by atoms with E-state index in [9.17, 15) is 4.79 Å². The van der Waals surface area contributed by atoms with Crippen molar-refractivity contribution in [2.75, 3.05) is 19.7 Å². The van der Waals surface area contributed by atoms with Gasteiger partial charge in [-0.2, -0.15) is 0 Å². The van der Waals surface area contributed by atoms with Crippen LogP contribution in [0.5, 0.6) is 0 Å². The number of hydrogen-bond acceptors (Lipinski definition) is 4. The number of morpholine rings is 1. The minimum absolute atomic E-state index is 0.0926. The molecule has 1 aliphatic rings. The molecule has 1 amide bonds. The first-order valence-electron chi connectivity index (χ1n) is 7.90. The Morgan fingerprint density at radius 2 is 2.22 bits per heavy atom. The van der Waals surface area contributed by atoms with Crippen molar-refractivity contribution in [3.63, 3.8) is 0 Å². The highest BCUT2D eigenvalue weighted by molar-refractivity contribution is 7.09. The summed E-state index contributed by atoms with van der Waals surface area (Å²) in [7, 11) is 0. The summed E-state index contributed by atoms with van der Waals surface area (Å²) in [6.07, 6.45) is 0.363. The largest absolute Gasteiger partial charge is 0.367 e. The van der Waals surface area contributed by atoms with Crippen LogP contribution in [0.3, 0.4) is 0 Å². The summed E-state index contributed by atoms with van der Waals surface area (Å²) in [4.78, 5) is 19.1. The molecule has 0 saturated carbocycles. The molecule has 122 valence electrons. The van der Waals surface area contributed by atoms with E-state index in [1.54, 1.807) is 11.3 Å². The van der Waals surface area contributed by atoms with E-state index in [4.69, 9.17) is 4.74 Å². The number of thiazole rings is 1. The second kappa shape index (κ2) is 6.81. The quantitative estimate of drug-likeness (QED) is 0.868. The normalized spacial score (nSPS) is 18.2. The number of carbonyl (C=O) groups excluding carboxylic acids is 1. The van der Waals surface area contributed by atoms with Crippen LogP contribution in [0.15, 0.2) is 23.6 Å². The smallest absolute Gasteiger partial charge is 0.227 e. The lowest BCUT2D eigenvalue weighted by molar-refractivity contribution is -0.138. The Labute approximate surface area is 141 Å². The molecule has 0 radical (unpaired) electrons. The zero-order valence-electron chi connectivity index (χ0n) is 13.8. The van der Waals surface area contributed by atoms with Crippen molar-refractivity contribution in [2.24, 2.45) is 0 Å². The van der Waals surface area contributed by atoms with Gasteiger partial charge in [0.25, 0.3) is 0 Å². The molecule has 1 saturated heterocycles. The fourth-order valence-electron chi connectivity index (χ4n) is 2.81. The average Bonchev–Trinajstić information content (AvgIpc) is 2.97. The van der Waals surface area contributed by atoms with E-state index in [0.29, 0.717) is 26.1 Å². The van der Waals surface area contributed by atoms with Gasteiger partial charge < -0.3 is 9.64 Å². The van der Waals surface area contributed by atoms with Crippen molar-refractivity contribution >= 4 is 17.2 Å². The van der Waals surface area contributed by atoms with Crippen molar-refractivity contribution in [3.05, 3.63) is 51.0 Å². The van der Waals surface area contributed by atoms with Gasteiger partial charge >= 0.3 is 0 Å². The monoisotopic (exact) mass is 330 g/mol. The summed E-state index contributed by atoms with van der Waals surface area (Å²) >= 11 is 1.60. The Balaban J connectivity index is 1.68. The molecule has 2 aromatic rings. The van der Waals surface area contributed by atoms with Gasteiger partial charge in [0.15, 0.2) is 0 Å². The predicted octanol–water partition coefficient (Wildman–Crippen LogP) is 3.21. The number of benzene rings is 1. The fourth-order valence-corrected chi connectivity index (χ4v) is 3.65. The number of ether oxygens (including phenoxy) is 1. The lowest BCUT2D eigenvalue weighted by Crippen LogP contribution is -2.43. The predicted molar refractivity (Wildman–Crippen MR) is 91.7 cm³/mol. The van der Waals surface area contributed by atoms with Gasteiger partial charge in [-0.05, 0) is 31.9 Å². The molecule has 0 N–H and O–H groups in total. The Hall–Kier alpha value is -1.72. The van der Waals surface area contributed by atoms with Crippen molar-refractivity contribution in [1.82, 2.24) is 9.88 Å². The van der Waals surface area contributed by atoms with Crippen LogP contribution in [0.4, 0.5) is 0 Å². The Morgan fingerprint density at radius 1 is 1.39 bits per heavy atom. The van der Waals surface area contributed by atoms with Crippen LogP contribution in [-0.2, 0) is 16.0 Å². The second-order valence-electron chi connectivity index (χ2n) is 6.13. The van der Waals surface area contributed by atoms with Crippen LogP contribution in [0.1, 0.15) is 33.5 Å². The molecular weight excluding hydrogens is 308 g/mol. The molecule has 3 rings (SSSR count). The lowest BCUT2D eigenvalue weighted by atomic mass is 10.0. The summed E-state index contributed by atoms with van der Waals surface area (Å²) in [5.74, 6) is 0.167. The minimum atomic E-state index is -0.0926. The van der Waals surface area contributed by atoms with E-state index in [0.717, 1.165) is 16.3 Å². The maximum Gasteiger partial charge on any atom is 0.227 e. The third-order valence-corrected chi connectivity index (χ3v) is 5.23. The highest BCUT2D eigenvalue weighted by Gasteiger charge is 2.27. The molecule has 2 heterocycles. The molecule has 1 fully saturated rings. The summed E-state index contributed by atoms with van der Waals surface area (Å²) in [6.45, 7) is 7.92. The molecule has 4 nitrogen and oxygen atoms in total. The zero-order chi connectivity index (χ0) is 16.4. The fraction of sp³-hybridized carbons (Fsp3) is 0.444. The zero-order valence-corrected chi connectivity index (χ0v) is 14.7. The van der Waals surface area contributed by atoms with Gasteiger partial charge in [0.05, 0.1) is 19.6 Å². The summed E-state index contributed by atoms with van der Waals surface area (Å²) < 4.78 is 5.80. The molecule has 1 aromatic carbocycles. The van der Waals surface area contributed by atoms with Crippen molar-refractivity contribution in [3.8, 4) is 0 Å². The van der Waals surface area contributed by atoms with E-state index in [1.165, 1.54) is 11.1 Å². The summed E-state index contributed by atoms with van der Waals surface area (Å²) in [5.41, 5.74) is 4.48. The number of hydrogen-bond donors (Lipinski definition) is 0. The van der Waals surface area contributed by atoms with Crippen molar-refractivity contribution < 1.29 is 9.53 Å². The molecule has 0 spiro atoms. The molecular formula is C18H22N2O2S. The minimum Gasteiger partial charge on any atom is -0.367 e. The molecule has 23 heavy (non-hydrogen) atoms. The molecule has 1 atom stereocenters. The molecule has 0 unspecified atom stereocenters. The van der Waals surface area contributed by atoms with E-state index in [-0.39, 0.29) is 12.0 Å². The highest BCUT2D eigenvalue weighted by Crippen LogP contribution is 2.25. The van der Waals surface area contributed by atoms with Crippen LogP contribution in [0, 0.1) is 20.8 Å². The van der Waals surface area contributed by atoms with Crippen LogP contribution in [0.2, 0.25) is 0 Å². The first kappa shape index (κ1) is 16.1. The van der Waals surface area contributed by atoms with Crippen LogP contribution < -0.4 is 0 Å². The number of aryl methyl sites for hydroxylation is 3. The third-order valence-electron chi connectivity index (χ3n) is 4.18. The lowest BCUT2D eigenvalue weighted by Gasteiger charge is -2.32. The first-order chi connectivity index (χ1) is 11.0. The molecule has 1 aromatic heterocycles. The van der Waals surface area contributed by atoms with Gasteiger partial charge in [0.1, 0.15) is 11.1 Å². The van der Waals surface area contributed by atoms with Gasteiger partial charge in [-0.1, -0.05) is 23.8 Å². The van der Waals surface area contributed by atoms with Gasteiger partial charge in [0, 0.05) is 17.6 Å². The first-order valence-corrected chi connectivity index (χ1v) is 8.78. The highest BCUT2D eigenvalue weighted by atomic mass is 32.1. The van der Waals surface area contributed by atoms with Crippen molar-refractivity contribution in [1.29, 1.82) is 0 Å². The van der Waals surface area contributed by atoms with E-state index in [2.05, 4.69) is 37.0 Å². The average molecular weight is 330 g/mol. The second-order valence-corrected chi connectivity index (χ2v) is 7.02. The van der Waals surface area contributed by atoms with Crippen molar-refractivity contribution in [2.45, 2.75) is 33.3 Å². The van der Waals surface area contributed by atoms with Gasteiger partial charge in [-0.25, -0.2) is 4.98 Å². The standard InChI is InChI=1S/C18H22N2O2S/c1-12-4-5-13(2)15(8-12)9-17(21)20-6-7-22-16(10-20)18-19-14(3)11-23-18/h4-5,8,11,16H,6-7,9-10H2,1-3H3/t16-/m1/s1. The molecule has 0 bridgehead atoms. The van der Waals surface area contributed by atoms with Crippen LogP contribution in [-0.4, -0.2) is 35.5 Å². The van der Waals surface area contributed by atoms with Gasteiger partial charge in [-0.15, -0.1) is 11.3 Å². The van der Waals surface area contributed by atoms with Gasteiger partial charge in [0.2, 0.25) is 5.91 Å². The number of carbonyl (C=O) groups is 1. The van der Waals surface area contributed by atoms with E-state index in [1.807, 2.05) is 17.2 Å². The number of nitrogens with zero attached hydrogens (tertiary/aromatic N) is 2. The van der Waals surface area contributed by atoms with Crippen LogP contribution in [0.25, 0.3) is 0 Å². The number of rotatable bonds is 3. The van der Waals surface area contributed by atoms with Crippen LogP contribution >= 0.6 is 11.3 Å². The topological polar surface area (TPSA) is 42.4 Å². The van der Waals surface area contributed by atoms with Gasteiger partial charge in [-0.3, -0.25) is 4.79 Å². The molecule has 0 aliphatic carbocycles. The molecule has 5 heteroatoms. The third kappa shape index (κ3) is 3.79.